The maximum absolute atomic E-state index is 13.0. The lowest BCUT2D eigenvalue weighted by molar-refractivity contribution is 0.102. The Labute approximate surface area is 200 Å². The summed E-state index contributed by atoms with van der Waals surface area (Å²) < 4.78 is 28.7. The van der Waals surface area contributed by atoms with E-state index >= 15 is 0 Å². The number of nitrogens with one attached hydrogen (secondary N) is 2. The Kier molecular flexibility index (Phi) is 6.25. The van der Waals surface area contributed by atoms with Crippen LogP contribution in [0.5, 0.6) is 0 Å². The highest BCUT2D eigenvalue weighted by Gasteiger charge is 2.20. The number of nitrogens with zero attached hydrogens (tertiary/aromatic N) is 2. The summed E-state index contributed by atoms with van der Waals surface area (Å²) in [7, 11) is -3.84. The van der Waals surface area contributed by atoms with Crippen LogP contribution in [-0.2, 0) is 10.0 Å². The van der Waals surface area contributed by atoms with Gasteiger partial charge < -0.3 is 5.32 Å². The summed E-state index contributed by atoms with van der Waals surface area (Å²) in [5.41, 5.74) is 2.74. The van der Waals surface area contributed by atoms with Gasteiger partial charge in [-0.1, -0.05) is 53.0 Å². The second-order valence-corrected chi connectivity index (χ2v) is 9.80. The lowest BCUT2D eigenvalue weighted by Gasteiger charge is -2.15. The van der Waals surface area contributed by atoms with Crippen molar-refractivity contribution < 1.29 is 13.2 Å². The standard InChI is InChI=1S/C23H18Cl2N4O3S/c1-13-6-8-15(9-7-13)33(31,32)29-20-14(2)12-27-21-16(20)4-3-5-18(21)28-23(30)19-17(24)10-11-26-22(19)25/h3-12H,1-2H3,(H,27,29)(H,28,30). The molecule has 0 atom stereocenters. The Morgan fingerprint density at radius 3 is 2.39 bits per heavy atom. The van der Waals surface area contributed by atoms with Gasteiger partial charge in [0.15, 0.2) is 0 Å². The molecule has 10 heteroatoms. The number of hydrogen-bond acceptors (Lipinski definition) is 5. The SMILES string of the molecule is Cc1ccc(S(=O)(=O)Nc2c(C)cnc3c(NC(=O)c4c(Cl)ccnc4Cl)cccc23)cc1. The van der Waals surface area contributed by atoms with Gasteiger partial charge in [-0.05, 0) is 43.7 Å². The molecular weight excluding hydrogens is 483 g/mol. The zero-order valence-electron chi connectivity index (χ0n) is 17.6. The van der Waals surface area contributed by atoms with Crippen molar-refractivity contribution in [3.05, 3.63) is 87.8 Å². The van der Waals surface area contributed by atoms with Crippen LogP contribution in [0.15, 0.2) is 65.8 Å². The molecule has 0 spiro atoms. The number of rotatable bonds is 5. The van der Waals surface area contributed by atoms with Crippen LogP contribution in [0.3, 0.4) is 0 Å². The van der Waals surface area contributed by atoms with Crippen LogP contribution in [0.1, 0.15) is 21.5 Å². The number of para-hydroxylation sites is 1. The van der Waals surface area contributed by atoms with Crippen LogP contribution >= 0.6 is 23.2 Å². The number of carbonyl (C=O) groups is 1. The van der Waals surface area contributed by atoms with Crippen molar-refractivity contribution in [2.24, 2.45) is 0 Å². The van der Waals surface area contributed by atoms with Gasteiger partial charge in [0.1, 0.15) is 5.15 Å². The van der Waals surface area contributed by atoms with Gasteiger partial charge in [0, 0.05) is 17.8 Å². The molecule has 0 aliphatic carbocycles. The second kappa shape index (κ2) is 8.97. The molecule has 1 amide bonds. The first-order valence-electron chi connectivity index (χ1n) is 9.76. The minimum absolute atomic E-state index is 0.0319. The van der Waals surface area contributed by atoms with Gasteiger partial charge in [0.05, 0.1) is 32.4 Å². The lowest BCUT2D eigenvalue weighted by Crippen LogP contribution is -2.16. The van der Waals surface area contributed by atoms with Crippen LogP contribution in [0, 0.1) is 13.8 Å². The molecule has 0 aliphatic rings. The summed E-state index contributed by atoms with van der Waals surface area (Å²) in [6.07, 6.45) is 2.94. The van der Waals surface area contributed by atoms with E-state index in [0.717, 1.165) is 5.56 Å². The van der Waals surface area contributed by atoms with Gasteiger partial charge >= 0.3 is 0 Å². The van der Waals surface area contributed by atoms with Gasteiger partial charge in [0.2, 0.25) is 0 Å². The fraction of sp³-hybridized carbons (Fsp3) is 0.0870. The fourth-order valence-corrected chi connectivity index (χ4v) is 4.95. The van der Waals surface area contributed by atoms with Gasteiger partial charge in [-0.2, -0.15) is 0 Å². The first-order chi connectivity index (χ1) is 15.7. The number of aryl methyl sites for hydroxylation is 2. The predicted molar refractivity (Wildman–Crippen MR) is 131 cm³/mol. The third kappa shape index (κ3) is 4.64. The molecule has 0 fully saturated rings. The molecule has 0 saturated carbocycles. The minimum Gasteiger partial charge on any atom is -0.320 e. The summed E-state index contributed by atoms with van der Waals surface area (Å²) in [5, 5.41) is 3.39. The van der Waals surface area contributed by atoms with Crippen molar-refractivity contribution >= 4 is 61.4 Å². The highest BCUT2D eigenvalue weighted by atomic mass is 35.5. The average molecular weight is 501 g/mol. The summed E-state index contributed by atoms with van der Waals surface area (Å²) in [4.78, 5) is 21.3. The molecule has 2 N–H and O–H groups in total. The van der Waals surface area contributed by atoms with E-state index in [1.54, 1.807) is 49.4 Å². The molecule has 0 unspecified atom stereocenters. The van der Waals surface area contributed by atoms with Crippen LogP contribution in [0.2, 0.25) is 10.2 Å². The molecule has 4 rings (SSSR count). The molecule has 7 nitrogen and oxygen atoms in total. The van der Waals surface area contributed by atoms with Gasteiger partial charge in [-0.25, -0.2) is 13.4 Å². The third-order valence-corrected chi connectivity index (χ3v) is 6.95. The number of benzene rings is 2. The van der Waals surface area contributed by atoms with E-state index in [1.807, 2.05) is 6.92 Å². The average Bonchev–Trinajstić information content (AvgIpc) is 2.76. The predicted octanol–water partition coefficient (Wildman–Crippen LogP) is 5.61. The highest BCUT2D eigenvalue weighted by Crippen LogP contribution is 2.32. The minimum atomic E-state index is -3.84. The molecule has 0 aliphatic heterocycles. The normalized spacial score (nSPS) is 11.4. The van der Waals surface area contributed by atoms with Gasteiger partial charge in [-0.3, -0.25) is 14.5 Å². The van der Waals surface area contributed by atoms with E-state index in [-0.39, 0.29) is 20.6 Å². The van der Waals surface area contributed by atoms with E-state index in [1.165, 1.54) is 18.5 Å². The maximum atomic E-state index is 13.0. The van der Waals surface area contributed by atoms with Crippen LogP contribution in [0.25, 0.3) is 10.9 Å². The molecule has 2 aromatic heterocycles. The van der Waals surface area contributed by atoms with Crippen LogP contribution < -0.4 is 10.0 Å². The Bertz CT molecular complexity index is 1470. The fourth-order valence-electron chi connectivity index (χ4n) is 3.27. The molecule has 4 aromatic rings. The first-order valence-corrected chi connectivity index (χ1v) is 12.0. The summed E-state index contributed by atoms with van der Waals surface area (Å²) in [6, 6.07) is 13.1. The molecule has 0 radical (unpaired) electrons. The van der Waals surface area contributed by atoms with Crippen molar-refractivity contribution in [1.82, 2.24) is 9.97 Å². The Balaban J connectivity index is 1.75. The zero-order valence-corrected chi connectivity index (χ0v) is 19.9. The summed E-state index contributed by atoms with van der Waals surface area (Å²) in [6.45, 7) is 3.63. The number of carbonyl (C=O) groups excluding carboxylic acids is 1. The molecule has 33 heavy (non-hydrogen) atoms. The molecule has 0 bridgehead atoms. The van der Waals surface area contributed by atoms with Gasteiger partial charge in [0.25, 0.3) is 15.9 Å². The Morgan fingerprint density at radius 1 is 0.970 bits per heavy atom. The largest absolute Gasteiger partial charge is 0.320 e. The Morgan fingerprint density at radius 2 is 1.70 bits per heavy atom. The van der Waals surface area contributed by atoms with E-state index in [4.69, 9.17) is 23.2 Å². The molecule has 2 aromatic carbocycles. The van der Waals surface area contributed by atoms with E-state index in [9.17, 15) is 13.2 Å². The van der Waals surface area contributed by atoms with E-state index in [0.29, 0.717) is 27.8 Å². The monoisotopic (exact) mass is 500 g/mol. The number of sulfonamides is 1. The number of fused-ring (bicyclic) bond motifs is 1. The molecular formula is C23H18Cl2N4O3S. The van der Waals surface area contributed by atoms with E-state index in [2.05, 4.69) is 20.0 Å². The number of hydrogen-bond donors (Lipinski definition) is 2. The summed E-state index contributed by atoms with van der Waals surface area (Å²) >= 11 is 12.2. The highest BCUT2D eigenvalue weighted by molar-refractivity contribution is 7.92. The number of aromatic nitrogens is 2. The molecule has 168 valence electrons. The Hall–Kier alpha value is -3.20. The van der Waals surface area contributed by atoms with E-state index < -0.39 is 15.9 Å². The van der Waals surface area contributed by atoms with Crippen molar-refractivity contribution in [3.63, 3.8) is 0 Å². The van der Waals surface area contributed by atoms with Crippen LogP contribution in [-0.4, -0.2) is 24.3 Å². The molecule has 0 saturated heterocycles. The number of amides is 1. The number of halogens is 2. The summed E-state index contributed by atoms with van der Waals surface area (Å²) in [5.74, 6) is -0.560. The zero-order chi connectivity index (χ0) is 23.8. The topological polar surface area (TPSA) is 101 Å². The lowest BCUT2D eigenvalue weighted by atomic mass is 10.1. The van der Waals surface area contributed by atoms with Crippen LogP contribution in [0.4, 0.5) is 11.4 Å². The quantitative estimate of drug-likeness (QED) is 0.347. The number of anilines is 2. The van der Waals surface area contributed by atoms with Gasteiger partial charge in [-0.15, -0.1) is 0 Å². The van der Waals surface area contributed by atoms with Crippen molar-refractivity contribution in [2.75, 3.05) is 10.0 Å². The smallest absolute Gasteiger partial charge is 0.261 e. The van der Waals surface area contributed by atoms with Crippen molar-refractivity contribution in [3.8, 4) is 0 Å². The van der Waals surface area contributed by atoms with Crippen molar-refractivity contribution in [1.29, 1.82) is 0 Å². The maximum Gasteiger partial charge on any atom is 0.261 e. The second-order valence-electron chi connectivity index (χ2n) is 7.35. The van der Waals surface area contributed by atoms with Crippen molar-refractivity contribution in [2.45, 2.75) is 18.7 Å². The first kappa shape index (κ1) is 23.0. The third-order valence-electron chi connectivity index (χ3n) is 4.98. The molecule has 2 heterocycles. The number of pyridine rings is 2.